The molecule has 2 fully saturated rings. The van der Waals surface area contributed by atoms with E-state index in [1.165, 1.54) is 12.5 Å². The van der Waals surface area contributed by atoms with Gasteiger partial charge in [0.2, 0.25) is 0 Å². The summed E-state index contributed by atoms with van der Waals surface area (Å²) in [4.78, 5) is 9.30. The zero-order valence-electron chi connectivity index (χ0n) is 15.8. The van der Waals surface area contributed by atoms with Crippen molar-refractivity contribution in [3.63, 3.8) is 0 Å². The number of hydrogen-bond donors (Lipinski definition) is 1. The van der Waals surface area contributed by atoms with Crippen molar-refractivity contribution in [2.24, 2.45) is 4.99 Å². The molecule has 5 nitrogen and oxygen atoms in total. The number of rotatable bonds is 5. The van der Waals surface area contributed by atoms with Crippen LogP contribution in [0.3, 0.4) is 0 Å². The van der Waals surface area contributed by atoms with Gasteiger partial charge in [0.1, 0.15) is 5.82 Å². The molecule has 2 aliphatic rings. The van der Waals surface area contributed by atoms with Gasteiger partial charge in [-0.25, -0.2) is 4.39 Å². The number of guanidine groups is 1. The predicted molar refractivity (Wildman–Crippen MR) is 122 cm³/mol. The summed E-state index contributed by atoms with van der Waals surface area (Å²) in [6.07, 6.45) is 2.77. The highest BCUT2D eigenvalue weighted by molar-refractivity contribution is 14.0. The zero-order chi connectivity index (χ0) is 18.4. The number of nitrogens with one attached hydrogen (secondary N) is 1. The number of nitrogens with zero attached hydrogens (tertiary/aromatic N) is 3. The second-order valence-electron chi connectivity index (χ2n) is 6.85. The molecule has 1 atom stereocenters. The van der Waals surface area contributed by atoms with E-state index in [1.807, 2.05) is 19.2 Å². The molecule has 0 radical (unpaired) electrons. The third kappa shape index (κ3) is 6.54. The Balaban J connectivity index is 0.00000261. The Morgan fingerprint density at radius 1 is 1.33 bits per heavy atom. The molecule has 1 N–H and O–H groups in total. The molecule has 1 unspecified atom stereocenters. The number of aryl methyl sites for hydroxylation is 1. The summed E-state index contributed by atoms with van der Waals surface area (Å²) in [6.45, 7) is 6.59. The van der Waals surface area contributed by atoms with Gasteiger partial charge in [-0.2, -0.15) is 0 Å². The minimum atomic E-state index is -0.142. The summed E-state index contributed by atoms with van der Waals surface area (Å²) in [5.74, 6) is 0.814. The van der Waals surface area contributed by atoms with E-state index in [2.05, 4.69) is 36.0 Å². The number of aliphatic imine (C=N–C) groups is 1. The third-order valence-corrected chi connectivity index (χ3v) is 5.65. The van der Waals surface area contributed by atoms with Crippen molar-refractivity contribution in [3.8, 4) is 0 Å². The fraction of sp³-hybridized carbons (Fsp3) is 0.632. The Bertz CT molecular complexity index is 628. The molecule has 0 spiro atoms. The first kappa shape index (κ1) is 22.8. The van der Waals surface area contributed by atoms with Gasteiger partial charge in [0, 0.05) is 50.3 Å². The fourth-order valence-electron chi connectivity index (χ4n) is 3.71. The lowest BCUT2D eigenvalue weighted by molar-refractivity contribution is 0.0195. The molecule has 0 saturated carbocycles. The van der Waals surface area contributed by atoms with E-state index in [4.69, 9.17) is 4.74 Å². The molecule has 0 amide bonds. The minimum absolute atomic E-state index is 0. The second kappa shape index (κ2) is 11.5. The van der Waals surface area contributed by atoms with Crippen LogP contribution in [0.4, 0.5) is 4.39 Å². The van der Waals surface area contributed by atoms with Crippen molar-refractivity contribution in [2.75, 3.05) is 53.0 Å². The first-order chi connectivity index (χ1) is 12.7. The second-order valence-corrected chi connectivity index (χ2v) is 7.77. The number of ether oxygens (including phenoxy) is 1. The molecule has 8 heteroatoms. The van der Waals surface area contributed by atoms with Crippen LogP contribution in [-0.4, -0.2) is 74.8 Å². The van der Waals surface area contributed by atoms with Crippen LogP contribution in [0.15, 0.2) is 27.7 Å². The fourth-order valence-corrected chi connectivity index (χ4v) is 4.04. The lowest BCUT2D eigenvalue weighted by Gasteiger charge is -2.32. The van der Waals surface area contributed by atoms with Gasteiger partial charge in [-0.1, -0.05) is 22.0 Å². The highest BCUT2D eigenvalue weighted by atomic mass is 127. The van der Waals surface area contributed by atoms with Crippen LogP contribution in [0.25, 0.3) is 0 Å². The Kier molecular flexibility index (Phi) is 9.75. The molecule has 0 aliphatic carbocycles. The maximum atomic E-state index is 13.9. The van der Waals surface area contributed by atoms with E-state index in [-0.39, 0.29) is 29.8 Å². The maximum absolute atomic E-state index is 13.9. The van der Waals surface area contributed by atoms with Crippen LogP contribution in [-0.2, 0) is 11.2 Å². The van der Waals surface area contributed by atoms with Crippen molar-refractivity contribution in [1.29, 1.82) is 0 Å². The Morgan fingerprint density at radius 2 is 2.11 bits per heavy atom. The first-order valence-electron chi connectivity index (χ1n) is 9.38. The molecule has 152 valence electrons. The molecule has 0 bridgehead atoms. The Labute approximate surface area is 186 Å². The summed E-state index contributed by atoms with van der Waals surface area (Å²) >= 11 is 3.29. The van der Waals surface area contributed by atoms with Crippen LogP contribution >= 0.6 is 39.9 Å². The van der Waals surface area contributed by atoms with Crippen molar-refractivity contribution in [3.05, 3.63) is 34.1 Å². The van der Waals surface area contributed by atoms with Gasteiger partial charge in [-0.15, -0.1) is 24.0 Å². The summed E-state index contributed by atoms with van der Waals surface area (Å²) in [5.41, 5.74) is 0.763. The van der Waals surface area contributed by atoms with Crippen LogP contribution in [0.2, 0.25) is 0 Å². The van der Waals surface area contributed by atoms with Gasteiger partial charge >= 0.3 is 0 Å². The molecule has 1 aromatic rings. The van der Waals surface area contributed by atoms with Crippen molar-refractivity contribution in [1.82, 2.24) is 15.1 Å². The number of halogens is 3. The lowest BCUT2D eigenvalue weighted by atomic mass is 10.1. The van der Waals surface area contributed by atoms with E-state index >= 15 is 0 Å². The number of hydrogen-bond acceptors (Lipinski definition) is 3. The van der Waals surface area contributed by atoms with Crippen LogP contribution in [0, 0.1) is 5.82 Å². The normalized spacial score (nSPS) is 21.2. The number of benzene rings is 1. The Morgan fingerprint density at radius 3 is 2.81 bits per heavy atom. The van der Waals surface area contributed by atoms with E-state index in [0.29, 0.717) is 6.04 Å². The van der Waals surface area contributed by atoms with Gasteiger partial charge in [-0.3, -0.25) is 9.89 Å². The topological polar surface area (TPSA) is 40.1 Å². The molecule has 1 aromatic carbocycles. The number of morpholine rings is 1. The van der Waals surface area contributed by atoms with Crippen molar-refractivity contribution >= 4 is 45.9 Å². The average molecular weight is 555 g/mol. The predicted octanol–water partition coefficient (Wildman–Crippen LogP) is 3.12. The standard InChI is InChI=1S/C19H28BrFN4O.HI/c1-22-19(23-7-2-3-15-4-5-16(20)13-18(15)21)25-8-6-17(14-25)24-9-11-26-12-10-24;/h4-5,13,17H,2-3,6-12,14H2,1H3,(H,22,23);1H. The molecule has 27 heavy (non-hydrogen) atoms. The molecule has 2 heterocycles. The summed E-state index contributed by atoms with van der Waals surface area (Å²) in [7, 11) is 1.83. The highest BCUT2D eigenvalue weighted by Gasteiger charge is 2.30. The summed E-state index contributed by atoms with van der Waals surface area (Å²) < 4.78 is 20.1. The summed E-state index contributed by atoms with van der Waals surface area (Å²) in [6, 6.07) is 5.86. The van der Waals surface area contributed by atoms with Crippen LogP contribution in [0.5, 0.6) is 0 Å². The maximum Gasteiger partial charge on any atom is 0.193 e. The van der Waals surface area contributed by atoms with Crippen LogP contribution < -0.4 is 5.32 Å². The van der Waals surface area contributed by atoms with Crippen molar-refractivity contribution < 1.29 is 9.13 Å². The number of likely N-dealkylation sites (tertiary alicyclic amines) is 1. The molecule has 3 rings (SSSR count). The lowest BCUT2D eigenvalue weighted by Crippen LogP contribution is -2.46. The third-order valence-electron chi connectivity index (χ3n) is 5.16. The van der Waals surface area contributed by atoms with E-state index in [1.54, 1.807) is 0 Å². The average Bonchev–Trinajstić information content (AvgIpc) is 3.14. The quantitative estimate of drug-likeness (QED) is 0.263. The van der Waals surface area contributed by atoms with Gasteiger partial charge < -0.3 is 15.0 Å². The largest absolute Gasteiger partial charge is 0.379 e. The van der Waals surface area contributed by atoms with Gasteiger partial charge in [0.25, 0.3) is 0 Å². The van der Waals surface area contributed by atoms with E-state index < -0.39 is 0 Å². The van der Waals surface area contributed by atoms with E-state index in [9.17, 15) is 4.39 Å². The zero-order valence-corrected chi connectivity index (χ0v) is 19.7. The van der Waals surface area contributed by atoms with Crippen molar-refractivity contribution in [2.45, 2.75) is 25.3 Å². The van der Waals surface area contributed by atoms with Gasteiger partial charge in [-0.05, 0) is 37.0 Å². The SMILES string of the molecule is CN=C(NCCCc1ccc(Br)cc1F)N1CCC(N2CCOCC2)C1.I. The monoisotopic (exact) mass is 554 g/mol. The molecule has 0 aromatic heterocycles. The first-order valence-corrected chi connectivity index (χ1v) is 10.2. The highest BCUT2D eigenvalue weighted by Crippen LogP contribution is 2.18. The molecule has 2 saturated heterocycles. The van der Waals surface area contributed by atoms with E-state index in [0.717, 1.165) is 74.8 Å². The molecule has 2 aliphatic heterocycles. The van der Waals surface area contributed by atoms with Gasteiger partial charge in [0.05, 0.1) is 13.2 Å². The molecular weight excluding hydrogens is 526 g/mol. The summed E-state index contributed by atoms with van der Waals surface area (Å²) in [5, 5.41) is 3.44. The molecular formula is C19H29BrFIN4O. The van der Waals surface area contributed by atoms with Crippen LogP contribution in [0.1, 0.15) is 18.4 Å². The minimum Gasteiger partial charge on any atom is -0.379 e. The smallest absolute Gasteiger partial charge is 0.193 e. The van der Waals surface area contributed by atoms with Gasteiger partial charge in [0.15, 0.2) is 5.96 Å². The Hall–Kier alpha value is -0.450.